The van der Waals surface area contributed by atoms with E-state index in [1.807, 2.05) is 0 Å². The minimum atomic E-state index is -0.620. The van der Waals surface area contributed by atoms with E-state index in [1.54, 1.807) is 0 Å². The predicted octanol–water partition coefficient (Wildman–Crippen LogP) is 2.15. The van der Waals surface area contributed by atoms with Gasteiger partial charge >= 0.3 is 0 Å². The monoisotopic (exact) mass is 293 g/mol. The Labute approximate surface area is 119 Å². The van der Waals surface area contributed by atoms with Crippen LogP contribution in [0.4, 0.5) is 14.5 Å². The lowest BCUT2D eigenvalue weighted by atomic mass is 10.3. The second kappa shape index (κ2) is 5.47. The molecule has 0 radical (unpaired) electrons. The molecular formula is C13H13F2N5O. The van der Waals surface area contributed by atoms with Crippen molar-refractivity contribution in [3.05, 3.63) is 41.5 Å². The van der Waals surface area contributed by atoms with Crippen LogP contribution >= 0.6 is 0 Å². The highest BCUT2D eigenvalue weighted by molar-refractivity contribution is 5.92. The minimum Gasteiger partial charge on any atom is -0.370 e. The van der Waals surface area contributed by atoms with Gasteiger partial charge in [-0.05, 0) is 25.0 Å². The predicted molar refractivity (Wildman–Crippen MR) is 71.6 cm³/mol. The lowest BCUT2D eigenvalue weighted by molar-refractivity contribution is 0.374. The van der Waals surface area contributed by atoms with Crippen LogP contribution in [-0.4, -0.2) is 16.1 Å². The summed E-state index contributed by atoms with van der Waals surface area (Å²) in [4.78, 5) is 8.14. The molecule has 1 aromatic carbocycles. The molecule has 0 bridgehead atoms. The average Bonchev–Trinajstić information content (AvgIpc) is 3.20. The van der Waals surface area contributed by atoms with Gasteiger partial charge in [0.2, 0.25) is 5.89 Å². The SMILES string of the molecule is NC(=NCc1noc(C2CC2)n1)Nc1cc(F)ccc1F. The first-order chi connectivity index (χ1) is 10.1. The van der Waals surface area contributed by atoms with Gasteiger partial charge in [-0.2, -0.15) is 4.98 Å². The van der Waals surface area contributed by atoms with Crippen molar-refractivity contribution in [3.63, 3.8) is 0 Å². The van der Waals surface area contributed by atoms with E-state index in [4.69, 9.17) is 10.3 Å². The molecule has 0 amide bonds. The van der Waals surface area contributed by atoms with Gasteiger partial charge < -0.3 is 15.6 Å². The third kappa shape index (κ3) is 3.33. The van der Waals surface area contributed by atoms with Gasteiger partial charge in [-0.25, -0.2) is 13.8 Å². The quantitative estimate of drug-likeness (QED) is 0.666. The number of benzene rings is 1. The van der Waals surface area contributed by atoms with Crippen LogP contribution in [0.15, 0.2) is 27.7 Å². The summed E-state index contributed by atoms with van der Waals surface area (Å²) in [6, 6.07) is 3.02. The first kappa shape index (κ1) is 13.5. The van der Waals surface area contributed by atoms with Crippen LogP contribution in [0.25, 0.3) is 0 Å². The smallest absolute Gasteiger partial charge is 0.229 e. The van der Waals surface area contributed by atoms with E-state index in [9.17, 15) is 8.78 Å². The van der Waals surface area contributed by atoms with Gasteiger partial charge in [-0.1, -0.05) is 5.16 Å². The molecule has 2 aromatic rings. The average molecular weight is 293 g/mol. The third-order valence-corrected chi connectivity index (χ3v) is 2.99. The molecular weight excluding hydrogens is 280 g/mol. The topological polar surface area (TPSA) is 89.3 Å². The number of guanidine groups is 1. The fraction of sp³-hybridized carbons (Fsp3) is 0.308. The van der Waals surface area contributed by atoms with E-state index in [1.165, 1.54) is 0 Å². The largest absolute Gasteiger partial charge is 0.370 e. The Bertz CT molecular complexity index is 681. The molecule has 1 aliphatic rings. The van der Waals surface area contributed by atoms with Crippen LogP contribution < -0.4 is 11.1 Å². The maximum absolute atomic E-state index is 13.4. The number of rotatable bonds is 4. The van der Waals surface area contributed by atoms with Crippen LogP contribution in [0, 0.1) is 11.6 Å². The van der Waals surface area contributed by atoms with Gasteiger partial charge in [0, 0.05) is 12.0 Å². The van der Waals surface area contributed by atoms with Gasteiger partial charge in [-0.15, -0.1) is 0 Å². The second-order valence-corrected chi connectivity index (χ2v) is 4.77. The number of aromatic nitrogens is 2. The Hall–Kier alpha value is -2.51. The van der Waals surface area contributed by atoms with Crippen LogP contribution in [0.1, 0.15) is 30.5 Å². The number of aliphatic imine (C=N–C) groups is 1. The van der Waals surface area contributed by atoms with E-state index >= 15 is 0 Å². The maximum Gasteiger partial charge on any atom is 0.229 e. The van der Waals surface area contributed by atoms with Crippen molar-refractivity contribution in [1.29, 1.82) is 0 Å². The normalized spacial score (nSPS) is 15.2. The van der Waals surface area contributed by atoms with Crippen molar-refractivity contribution < 1.29 is 13.3 Å². The van der Waals surface area contributed by atoms with Crippen molar-refractivity contribution in [3.8, 4) is 0 Å². The number of nitrogens with zero attached hydrogens (tertiary/aromatic N) is 3. The first-order valence-corrected chi connectivity index (χ1v) is 6.46. The molecule has 0 spiro atoms. The zero-order valence-electron chi connectivity index (χ0n) is 11.0. The van der Waals surface area contributed by atoms with Crippen molar-refractivity contribution in [2.45, 2.75) is 25.3 Å². The molecule has 1 heterocycles. The van der Waals surface area contributed by atoms with Crippen LogP contribution in [0.5, 0.6) is 0 Å². The van der Waals surface area contributed by atoms with Crippen LogP contribution in [0.2, 0.25) is 0 Å². The van der Waals surface area contributed by atoms with Gasteiger partial charge in [0.15, 0.2) is 11.8 Å². The molecule has 1 saturated carbocycles. The van der Waals surface area contributed by atoms with Crippen molar-refractivity contribution in [2.75, 3.05) is 5.32 Å². The molecule has 0 unspecified atom stereocenters. The maximum atomic E-state index is 13.4. The van der Waals surface area contributed by atoms with E-state index in [0.29, 0.717) is 17.6 Å². The molecule has 3 N–H and O–H groups in total. The molecule has 6 nitrogen and oxygen atoms in total. The van der Waals surface area contributed by atoms with Crippen molar-refractivity contribution in [1.82, 2.24) is 10.1 Å². The number of hydrogen-bond acceptors (Lipinski definition) is 4. The van der Waals surface area contributed by atoms with Crippen molar-refractivity contribution in [2.24, 2.45) is 10.7 Å². The molecule has 1 fully saturated rings. The van der Waals surface area contributed by atoms with Crippen LogP contribution in [0.3, 0.4) is 0 Å². The van der Waals surface area contributed by atoms with Gasteiger partial charge in [0.05, 0.1) is 5.69 Å². The van der Waals surface area contributed by atoms with E-state index in [0.717, 1.165) is 31.0 Å². The number of halogens is 2. The lowest BCUT2D eigenvalue weighted by Gasteiger charge is -2.06. The summed E-state index contributed by atoms with van der Waals surface area (Å²) in [5.41, 5.74) is 5.53. The molecule has 110 valence electrons. The Balaban J connectivity index is 1.63. The summed E-state index contributed by atoms with van der Waals surface area (Å²) >= 11 is 0. The van der Waals surface area contributed by atoms with E-state index < -0.39 is 11.6 Å². The Morgan fingerprint density at radius 1 is 1.43 bits per heavy atom. The summed E-state index contributed by atoms with van der Waals surface area (Å²) in [6.07, 6.45) is 2.13. The van der Waals surface area contributed by atoms with Crippen LogP contribution in [-0.2, 0) is 6.54 Å². The molecule has 0 saturated heterocycles. The number of anilines is 1. The summed E-state index contributed by atoms with van der Waals surface area (Å²) in [6.45, 7) is 0.103. The van der Waals surface area contributed by atoms with E-state index in [2.05, 4.69) is 20.4 Å². The summed E-state index contributed by atoms with van der Waals surface area (Å²) in [7, 11) is 0. The fourth-order valence-corrected chi connectivity index (χ4v) is 1.75. The number of nitrogens with one attached hydrogen (secondary N) is 1. The Morgan fingerprint density at radius 3 is 3.00 bits per heavy atom. The zero-order chi connectivity index (χ0) is 14.8. The lowest BCUT2D eigenvalue weighted by Crippen LogP contribution is -2.23. The highest BCUT2D eigenvalue weighted by atomic mass is 19.1. The second-order valence-electron chi connectivity index (χ2n) is 4.77. The first-order valence-electron chi connectivity index (χ1n) is 6.46. The molecule has 21 heavy (non-hydrogen) atoms. The molecule has 0 atom stereocenters. The highest BCUT2D eigenvalue weighted by Crippen LogP contribution is 2.38. The molecule has 1 aromatic heterocycles. The summed E-state index contributed by atoms with van der Waals surface area (Å²) < 4.78 is 31.5. The minimum absolute atomic E-state index is 0.0581. The molecule has 8 heteroatoms. The van der Waals surface area contributed by atoms with Gasteiger partial charge in [-0.3, -0.25) is 0 Å². The molecule has 1 aliphatic carbocycles. The Kier molecular flexibility index (Phi) is 3.51. The Morgan fingerprint density at radius 2 is 2.24 bits per heavy atom. The fourth-order valence-electron chi connectivity index (χ4n) is 1.75. The summed E-state index contributed by atoms with van der Waals surface area (Å²) in [5.74, 6) is 0.137. The summed E-state index contributed by atoms with van der Waals surface area (Å²) in [5, 5.41) is 6.27. The molecule has 0 aliphatic heterocycles. The van der Waals surface area contributed by atoms with Gasteiger partial charge in [0.25, 0.3) is 0 Å². The van der Waals surface area contributed by atoms with E-state index in [-0.39, 0.29) is 18.2 Å². The third-order valence-electron chi connectivity index (χ3n) is 2.99. The number of hydrogen-bond donors (Lipinski definition) is 2. The standard InChI is InChI=1S/C13H13F2N5O/c14-8-3-4-9(15)10(5-8)18-13(16)17-6-11-19-12(21-20-11)7-1-2-7/h3-5,7H,1-2,6H2,(H3,16,17,18). The number of nitrogens with two attached hydrogens (primary N) is 1. The van der Waals surface area contributed by atoms with Gasteiger partial charge in [0.1, 0.15) is 18.2 Å². The zero-order valence-corrected chi connectivity index (χ0v) is 11.0. The highest BCUT2D eigenvalue weighted by Gasteiger charge is 2.29. The van der Waals surface area contributed by atoms with Crippen molar-refractivity contribution >= 4 is 11.6 Å². The molecule has 3 rings (SSSR count).